The van der Waals surface area contributed by atoms with Gasteiger partial charge in [-0.15, -0.1) is 0 Å². The fourth-order valence-corrected chi connectivity index (χ4v) is 3.72. The van der Waals surface area contributed by atoms with Crippen molar-refractivity contribution in [3.63, 3.8) is 0 Å². The molecule has 2 unspecified atom stereocenters. The van der Waals surface area contributed by atoms with Crippen LogP contribution in [0.4, 0.5) is 0 Å². The predicted octanol–water partition coefficient (Wildman–Crippen LogP) is 2.48. The molecule has 0 saturated carbocycles. The Morgan fingerprint density at radius 2 is 1.59 bits per heavy atom. The molecule has 0 saturated heterocycles. The number of aliphatic hydroxyl groups excluding tert-OH is 1. The summed E-state index contributed by atoms with van der Waals surface area (Å²) in [7, 11) is 0. The van der Waals surface area contributed by atoms with E-state index in [-0.39, 0.29) is 0 Å². The van der Waals surface area contributed by atoms with E-state index in [9.17, 15) is 15.0 Å². The van der Waals surface area contributed by atoms with Gasteiger partial charge in [0.15, 0.2) is 0 Å². The quantitative estimate of drug-likeness (QED) is 0.396. The number of carbonyl (C=O) groups excluding carboxylic acids is 1. The Hall–Kier alpha value is -0.610. The van der Waals surface area contributed by atoms with Crippen LogP contribution < -0.4 is 5.11 Å². The van der Waals surface area contributed by atoms with Gasteiger partial charge in [0.05, 0.1) is 19.1 Å². The first-order valence-corrected chi connectivity index (χ1v) is 9.22. The molecule has 0 bridgehead atoms. The van der Waals surface area contributed by atoms with Gasteiger partial charge < -0.3 is 19.5 Å². The Morgan fingerprint density at radius 1 is 1.00 bits per heavy atom. The lowest BCUT2D eigenvalue weighted by atomic mass is 10.0. The highest BCUT2D eigenvalue weighted by Gasteiger charge is 2.37. The highest BCUT2D eigenvalue weighted by molar-refractivity contribution is 5.69. The molecule has 1 N–H and O–H groups in total. The van der Waals surface area contributed by atoms with E-state index in [1.807, 2.05) is 6.92 Å². The van der Waals surface area contributed by atoms with E-state index in [1.165, 1.54) is 12.8 Å². The number of carbonyl (C=O) groups is 1. The second-order valence-corrected chi connectivity index (χ2v) is 6.59. The molecule has 0 aromatic heterocycles. The first kappa shape index (κ1) is 21.4. The minimum absolute atomic E-state index is 0.414. The third-order valence-electron chi connectivity index (χ3n) is 4.62. The molecular formula is C18H37NO3. The van der Waals surface area contributed by atoms with Crippen LogP contribution in [0, 0.1) is 0 Å². The number of hydrogen-bond donors (Lipinski definition) is 1. The summed E-state index contributed by atoms with van der Waals surface area (Å²) in [5.74, 6) is -0.970. The maximum Gasteiger partial charge on any atom is 0.129 e. The number of rotatable bonds is 14. The number of aliphatic hydroxyl groups is 1. The Balaban J connectivity index is 4.92. The number of carboxylic acids is 1. The van der Waals surface area contributed by atoms with E-state index in [0.29, 0.717) is 17.4 Å². The van der Waals surface area contributed by atoms with Crippen LogP contribution >= 0.6 is 0 Å². The van der Waals surface area contributed by atoms with E-state index in [1.54, 1.807) is 0 Å². The summed E-state index contributed by atoms with van der Waals surface area (Å²) >= 11 is 0. The molecule has 0 aromatic carbocycles. The number of aliphatic carboxylic acids is 1. The highest BCUT2D eigenvalue weighted by atomic mass is 16.4. The van der Waals surface area contributed by atoms with E-state index < -0.39 is 18.1 Å². The van der Waals surface area contributed by atoms with Gasteiger partial charge in [0.1, 0.15) is 18.7 Å². The summed E-state index contributed by atoms with van der Waals surface area (Å²) in [5, 5.41) is 22.0. The molecule has 0 aromatic rings. The summed E-state index contributed by atoms with van der Waals surface area (Å²) in [5.41, 5.74) is 0. The van der Waals surface area contributed by atoms with Crippen LogP contribution in [0.1, 0.15) is 79.1 Å². The minimum atomic E-state index is -0.970. The molecule has 0 aliphatic carbocycles. The van der Waals surface area contributed by atoms with Crippen molar-refractivity contribution < 1.29 is 19.5 Å². The Morgan fingerprint density at radius 3 is 2.00 bits per heavy atom. The molecule has 0 radical (unpaired) electrons. The number of unbranched alkanes of at least 4 members (excludes halogenated alkanes) is 3. The summed E-state index contributed by atoms with van der Waals surface area (Å²) in [6.45, 7) is 10.4. The summed E-state index contributed by atoms with van der Waals surface area (Å²) < 4.78 is 0.473. The molecule has 0 rings (SSSR count). The van der Waals surface area contributed by atoms with Crippen LogP contribution in [0.25, 0.3) is 0 Å². The highest BCUT2D eigenvalue weighted by Crippen LogP contribution is 2.22. The van der Waals surface area contributed by atoms with Crippen molar-refractivity contribution in [1.29, 1.82) is 0 Å². The summed E-state index contributed by atoms with van der Waals surface area (Å²) in [6.07, 6.45) is 7.32. The summed E-state index contributed by atoms with van der Waals surface area (Å²) in [6, 6.07) is -0.509. The van der Waals surface area contributed by atoms with Crippen LogP contribution in [0.5, 0.6) is 0 Å². The summed E-state index contributed by atoms with van der Waals surface area (Å²) in [4.78, 5) is 11.6. The predicted molar refractivity (Wildman–Crippen MR) is 89.3 cm³/mol. The monoisotopic (exact) mass is 315 g/mol. The van der Waals surface area contributed by atoms with Crippen molar-refractivity contribution in [2.45, 2.75) is 91.2 Å². The first-order valence-electron chi connectivity index (χ1n) is 9.22. The van der Waals surface area contributed by atoms with Gasteiger partial charge in [-0.05, 0) is 19.3 Å². The van der Waals surface area contributed by atoms with Gasteiger partial charge in [0.2, 0.25) is 0 Å². The lowest BCUT2D eigenvalue weighted by Crippen LogP contribution is -2.64. The van der Waals surface area contributed by atoms with Gasteiger partial charge in [-0.25, -0.2) is 0 Å². The fourth-order valence-electron chi connectivity index (χ4n) is 3.72. The van der Waals surface area contributed by atoms with E-state index in [2.05, 4.69) is 20.8 Å². The van der Waals surface area contributed by atoms with Crippen LogP contribution in [-0.4, -0.2) is 47.3 Å². The standard InChI is InChI=1S/C18H37NO3/c1-5-9-10-11-12-16(20)15-19(13-6-2,14-7-3)17(8-4)18(21)22/h16-17,20H,5-15H2,1-4H3. The third kappa shape index (κ3) is 7.10. The molecule has 4 heteroatoms. The SMILES string of the molecule is CCCCCCC(O)C[N+](CCC)(CCC)C(CC)C(=O)[O-]. The van der Waals surface area contributed by atoms with Crippen molar-refractivity contribution in [3.05, 3.63) is 0 Å². The molecule has 0 amide bonds. The molecule has 0 fully saturated rings. The molecule has 2 atom stereocenters. The molecule has 132 valence electrons. The van der Waals surface area contributed by atoms with Crippen molar-refractivity contribution in [2.75, 3.05) is 19.6 Å². The van der Waals surface area contributed by atoms with Gasteiger partial charge in [0.25, 0.3) is 0 Å². The Labute approximate surface area is 137 Å². The second kappa shape index (κ2) is 11.9. The van der Waals surface area contributed by atoms with Crippen molar-refractivity contribution >= 4 is 5.97 Å². The maximum absolute atomic E-state index is 11.6. The molecule has 0 spiro atoms. The van der Waals surface area contributed by atoms with Crippen LogP contribution in [0.2, 0.25) is 0 Å². The van der Waals surface area contributed by atoms with Crippen LogP contribution in [0.3, 0.4) is 0 Å². The molecule has 0 aliphatic heterocycles. The fraction of sp³-hybridized carbons (Fsp3) is 0.944. The van der Waals surface area contributed by atoms with Gasteiger partial charge in [-0.1, -0.05) is 53.4 Å². The number of quaternary nitrogens is 1. The Bertz CT molecular complexity index is 288. The van der Waals surface area contributed by atoms with Gasteiger partial charge in [-0.3, -0.25) is 0 Å². The largest absolute Gasteiger partial charge is 0.544 e. The van der Waals surface area contributed by atoms with E-state index in [0.717, 1.165) is 45.2 Å². The average molecular weight is 315 g/mol. The van der Waals surface area contributed by atoms with E-state index in [4.69, 9.17) is 0 Å². The lowest BCUT2D eigenvalue weighted by molar-refractivity contribution is -0.948. The second-order valence-electron chi connectivity index (χ2n) is 6.59. The Kier molecular flexibility index (Phi) is 11.6. The molecule has 0 aliphatic rings. The molecule has 22 heavy (non-hydrogen) atoms. The maximum atomic E-state index is 11.6. The number of nitrogens with zero attached hydrogens (tertiary/aromatic N) is 1. The zero-order valence-corrected chi connectivity index (χ0v) is 15.1. The average Bonchev–Trinajstić information content (AvgIpc) is 2.44. The van der Waals surface area contributed by atoms with Crippen molar-refractivity contribution in [3.8, 4) is 0 Å². The minimum Gasteiger partial charge on any atom is -0.544 e. The van der Waals surface area contributed by atoms with Crippen LogP contribution in [0.15, 0.2) is 0 Å². The smallest absolute Gasteiger partial charge is 0.129 e. The first-order chi connectivity index (χ1) is 10.5. The lowest BCUT2D eigenvalue weighted by Gasteiger charge is -2.46. The van der Waals surface area contributed by atoms with Crippen molar-refractivity contribution in [1.82, 2.24) is 0 Å². The van der Waals surface area contributed by atoms with Crippen molar-refractivity contribution in [2.24, 2.45) is 0 Å². The van der Waals surface area contributed by atoms with Gasteiger partial charge >= 0.3 is 0 Å². The third-order valence-corrected chi connectivity index (χ3v) is 4.62. The topological polar surface area (TPSA) is 60.4 Å². The van der Waals surface area contributed by atoms with Crippen LogP contribution in [-0.2, 0) is 4.79 Å². The zero-order valence-electron chi connectivity index (χ0n) is 15.1. The van der Waals surface area contributed by atoms with E-state index >= 15 is 0 Å². The zero-order chi connectivity index (χ0) is 17.0. The molecular weight excluding hydrogens is 278 g/mol. The number of hydrogen-bond acceptors (Lipinski definition) is 3. The molecule has 0 heterocycles. The number of carboxylic acid groups (broad SMARTS) is 1. The normalized spacial score (nSPS) is 14.8. The molecule has 4 nitrogen and oxygen atoms in total. The van der Waals surface area contributed by atoms with Gasteiger partial charge in [0, 0.05) is 6.42 Å². The van der Waals surface area contributed by atoms with Gasteiger partial charge in [-0.2, -0.15) is 0 Å².